The van der Waals surface area contributed by atoms with Crippen molar-refractivity contribution in [1.29, 1.82) is 0 Å². The predicted molar refractivity (Wildman–Crippen MR) is 90.1 cm³/mol. The van der Waals surface area contributed by atoms with Crippen molar-refractivity contribution in [3.63, 3.8) is 0 Å². The highest BCUT2D eigenvalue weighted by Crippen LogP contribution is 2.28. The van der Waals surface area contributed by atoms with Gasteiger partial charge in [-0.1, -0.05) is 30.4 Å². The quantitative estimate of drug-likeness (QED) is 0.677. The zero-order chi connectivity index (χ0) is 17.1. The number of nitro groups is 1. The Morgan fingerprint density at radius 1 is 1.46 bits per heavy atom. The number of aromatic nitrogens is 2. The van der Waals surface area contributed by atoms with Gasteiger partial charge < -0.3 is 4.90 Å². The second-order valence-electron chi connectivity index (χ2n) is 5.52. The van der Waals surface area contributed by atoms with E-state index in [2.05, 4.69) is 22.4 Å². The van der Waals surface area contributed by atoms with Crippen LogP contribution in [0.25, 0.3) is 0 Å². The number of fused-ring (bicyclic) bond motifs is 1. The summed E-state index contributed by atoms with van der Waals surface area (Å²) < 4.78 is 0. The lowest BCUT2D eigenvalue weighted by atomic mass is 9.98. The summed E-state index contributed by atoms with van der Waals surface area (Å²) >= 11 is 1.37. The number of nitro benzene ring substituents is 1. The molecule has 0 radical (unpaired) electrons. The zero-order valence-electron chi connectivity index (χ0n) is 13.2. The minimum atomic E-state index is -0.370. The molecule has 1 aromatic heterocycles. The summed E-state index contributed by atoms with van der Waals surface area (Å²) in [6.45, 7) is 2.85. The second kappa shape index (κ2) is 6.91. The number of nitrogens with one attached hydrogen (secondary N) is 1. The van der Waals surface area contributed by atoms with E-state index in [4.69, 9.17) is 0 Å². The molecule has 0 spiro atoms. The van der Waals surface area contributed by atoms with Crippen LogP contribution in [0.4, 0.5) is 15.6 Å². The van der Waals surface area contributed by atoms with Crippen molar-refractivity contribution in [2.24, 2.45) is 0 Å². The maximum Gasteiger partial charge on any atom is 0.324 e. The molecule has 24 heavy (non-hydrogen) atoms. The molecule has 2 heterocycles. The fourth-order valence-corrected chi connectivity index (χ4v) is 3.55. The molecule has 9 heteroatoms. The van der Waals surface area contributed by atoms with Gasteiger partial charge in [0.15, 0.2) is 0 Å². The topological polar surface area (TPSA) is 101 Å². The van der Waals surface area contributed by atoms with Crippen LogP contribution in [-0.2, 0) is 19.4 Å². The summed E-state index contributed by atoms with van der Waals surface area (Å²) in [7, 11) is 0. The maximum atomic E-state index is 12.4. The van der Waals surface area contributed by atoms with Crippen molar-refractivity contribution in [3.8, 4) is 0 Å². The van der Waals surface area contributed by atoms with Crippen LogP contribution in [0, 0.1) is 10.1 Å². The molecule has 0 saturated heterocycles. The Labute approximate surface area is 142 Å². The van der Waals surface area contributed by atoms with Crippen molar-refractivity contribution >= 4 is 28.2 Å². The molecule has 1 aromatic carbocycles. The van der Waals surface area contributed by atoms with E-state index in [-0.39, 0.29) is 16.6 Å². The standard InChI is InChI=1S/C15H17N5O3S/c1-2-4-13-17-18-14(24-13)16-15(21)19-8-7-11-10(9-19)5-3-6-12(11)20(22)23/h3,5-6H,2,4,7-9H2,1H3,(H,16,18,21). The molecule has 0 fully saturated rings. The number of rotatable bonds is 4. The van der Waals surface area contributed by atoms with E-state index >= 15 is 0 Å². The number of amides is 2. The van der Waals surface area contributed by atoms with Crippen LogP contribution in [-0.4, -0.2) is 32.6 Å². The van der Waals surface area contributed by atoms with Crippen LogP contribution in [0.5, 0.6) is 0 Å². The Hall–Kier alpha value is -2.55. The molecule has 1 aliphatic rings. The number of anilines is 1. The van der Waals surface area contributed by atoms with Crippen molar-refractivity contribution in [2.45, 2.75) is 32.7 Å². The second-order valence-corrected chi connectivity index (χ2v) is 6.59. The first-order chi connectivity index (χ1) is 11.6. The molecule has 0 aliphatic carbocycles. The molecule has 1 aliphatic heterocycles. The number of carbonyl (C=O) groups excluding carboxylic acids is 1. The Bertz CT molecular complexity index is 776. The van der Waals surface area contributed by atoms with Crippen LogP contribution in [0.15, 0.2) is 18.2 Å². The average Bonchev–Trinajstić information content (AvgIpc) is 3.01. The van der Waals surface area contributed by atoms with Crippen molar-refractivity contribution < 1.29 is 9.72 Å². The van der Waals surface area contributed by atoms with Gasteiger partial charge in [-0.2, -0.15) is 0 Å². The lowest BCUT2D eigenvalue weighted by molar-refractivity contribution is -0.385. The molecule has 0 atom stereocenters. The van der Waals surface area contributed by atoms with Gasteiger partial charge in [0.25, 0.3) is 5.69 Å². The lowest BCUT2D eigenvalue weighted by Gasteiger charge is -2.28. The molecular formula is C15H17N5O3S. The number of benzene rings is 1. The van der Waals surface area contributed by atoms with Crippen molar-refractivity contribution in [1.82, 2.24) is 15.1 Å². The summed E-state index contributed by atoms with van der Waals surface area (Å²) in [6.07, 6.45) is 2.29. The molecule has 0 saturated carbocycles. The zero-order valence-corrected chi connectivity index (χ0v) is 14.0. The highest BCUT2D eigenvalue weighted by atomic mass is 32.1. The molecule has 3 rings (SSSR count). The van der Waals surface area contributed by atoms with Crippen LogP contribution in [0.2, 0.25) is 0 Å². The van der Waals surface area contributed by atoms with Gasteiger partial charge in [-0.3, -0.25) is 15.4 Å². The minimum absolute atomic E-state index is 0.126. The third-order valence-electron chi connectivity index (χ3n) is 3.87. The number of aryl methyl sites for hydroxylation is 1. The van der Waals surface area contributed by atoms with E-state index in [1.54, 1.807) is 11.0 Å². The van der Waals surface area contributed by atoms with E-state index in [1.165, 1.54) is 17.4 Å². The van der Waals surface area contributed by atoms with Gasteiger partial charge in [0, 0.05) is 31.1 Å². The first kappa shape index (κ1) is 16.3. The Morgan fingerprint density at radius 2 is 2.29 bits per heavy atom. The van der Waals surface area contributed by atoms with Crippen molar-refractivity contribution in [2.75, 3.05) is 11.9 Å². The van der Waals surface area contributed by atoms with Gasteiger partial charge in [0.2, 0.25) is 5.13 Å². The van der Waals surface area contributed by atoms with Crippen LogP contribution in [0.3, 0.4) is 0 Å². The molecular weight excluding hydrogens is 330 g/mol. The predicted octanol–water partition coefficient (Wildman–Crippen LogP) is 2.99. The number of carbonyl (C=O) groups is 1. The fraction of sp³-hybridized carbons (Fsp3) is 0.400. The molecule has 2 aromatic rings. The third-order valence-corrected chi connectivity index (χ3v) is 4.77. The highest BCUT2D eigenvalue weighted by Gasteiger charge is 2.26. The summed E-state index contributed by atoms with van der Waals surface area (Å²) in [4.78, 5) is 24.7. The number of hydrogen-bond donors (Lipinski definition) is 1. The Morgan fingerprint density at radius 3 is 3.04 bits per heavy atom. The van der Waals surface area contributed by atoms with Crippen LogP contribution < -0.4 is 5.32 Å². The fourth-order valence-electron chi connectivity index (χ4n) is 2.72. The van der Waals surface area contributed by atoms with Crippen LogP contribution >= 0.6 is 11.3 Å². The third kappa shape index (κ3) is 3.35. The SMILES string of the molecule is CCCc1nnc(NC(=O)N2CCc3c(cccc3[N+](=O)[O-])C2)s1. The van der Waals surface area contributed by atoms with Gasteiger partial charge in [-0.25, -0.2) is 4.79 Å². The van der Waals surface area contributed by atoms with Gasteiger partial charge >= 0.3 is 6.03 Å². The number of urea groups is 1. The summed E-state index contributed by atoms with van der Waals surface area (Å²) in [5.74, 6) is 0. The van der Waals surface area contributed by atoms with Gasteiger partial charge in [-0.15, -0.1) is 10.2 Å². The van der Waals surface area contributed by atoms with Crippen LogP contribution in [0.1, 0.15) is 29.5 Å². The first-order valence-electron chi connectivity index (χ1n) is 7.72. The number of nitrogens with zero attached hydrogens (tertiary/aromatic N) is 4. The smallest absolute Gasteiger partial charge is 0.320 e. The summed E-state index contributed by atoms with van der Waals surface area (Å²) in [6, 6.07) is 4.73. The normalized spacial score (nSPS) is 13.5. The summed E-state index contributed by atoms with van der Waals surface area (Å²) in [5, 5.41) is 23.2. The molecule has 0 unspecified atom stereocenters. The summed E-state index contributed by atoms with van der Waals surface area (Å²) in [5.41, 5.74) is 1.66. The largest absolute Gasteiger partial charge is 0.324 e. The lowest BCUT2D eigenvalue weighted by Crippen LogP contribution is -2.39. The number of hydrogen-bond acceptors (Lipinski definition) is 6. The highest BCUT2D eigenvalue weighted by molar-refractivity contribution is 7.15. The van der Waals surface area contributed by atoms with E-state index in [9.17, 15) is 14.9 Å². The Balaban J connectivity index is 1.69. The van der Waals surface area contributed by atoms with Gasteiger partial charge in [0.05, 0.1) is 4.92 Å². The molecule has 2 amide bonds. The van der Waals surface area contributed by atoms with E-state index in [1.807, 2.05) is 6.07 Å². The van der Waals surface area contributed by atoms with Gasteiger partial charge in [0.1, 0.15) is 5.01 Å². The molecule has 126 valence electrons. The average molecular weight is 347 g/mol. The van der Waals surface area contributed by atoms with Gasteiger partial charge in [-0.05, 0) is 18.4 Å². The van der Waals surface area contributed by atoms with E-state index in [0.29, 0.717) is 30.2 Å². The minimum Gasteiger partial charge on any atom is -0.320 e. The molecule has 0 bridgehead atoms. The van der Waals surface area contributed by atoms with E-state index < -0.39 is 0 Å². The maximum absolute atomic E-state index is 12.4. The van der Waals surface area contributed by atoms with Crippen molar-refractivity contribution in [3.05, 3.63) is 44.4 Å². The molecule has 1 N–H and O–H groups in total. The van der Waals surface area contributed by atoms with E-state index in [0.717, 1.165) is 23.4 Å². The molecule has 8 nitrogen and oxygen atoms in total. The first-order valence-corrected chi connectivity index (χ1v) is 8.53. The monoisotopic (exact) mass is 347 g/mol. The Kier molecular flexibility index (Phi) is 4.70.